The van der Waals surface area contributed by atoms with Gasteiger partial charge in [0.05, 0.1) is 24.7 Å². The van der Waals surface area contributed by atoms with Gasteiger partial charge in [-0.3, -0.25) is 10.1 Å². The van der Waals surface area contributed by atoms with Crippen LogP contribution in [0.5, 0.6) is 0 Å². The Labute approximate surface area is 150 Å². The van der Waals surface area contributed by atoms with Gasteiger partial charge in [0.25, 0.3) is 0 Å². The van der Waals surface area contributed by atoms with E-state index in [1.54, 1.807) is 7.05 Å². The van der Waals surface area contributed by atoms with Gasteiger partial charge in [-0.1, -0.05) is 6.92 Å². The van der Waals surface area contributed by atoms with Crippen molar-refractivity contribution in [1.82, 2.24) is 25.8 Å². The van der Waals surface area contributed by atoms with Gasteiger partial charge in [-0.05, 0) is 36.7 Å². The average molecular weight is 360 g/mol. The molecule has 6 nitrogen and oxygen atoms in total. The predicted octanol–water partition coefficient (Wildman–Crippen LogP) is 2.66. The van der Waals surface area contributed by atoms with E-state index in [1.807, 2.05) is 0 Å². The molecule has 138 valence electrons. The molecule has 2 aliphatic carbocycles. The van der Waals surface area contributed by atoms with Crippen LogP contribution in [0.1, 0.15) is 25.5 Å². The molecule has 0 spiro atoms. The van der Waals surface area contributed by atoms with Crippen LogP contribution in [0.4, 0.5) is 8.78 Å². The lowest BCUT2D eigenvalue weighted by Gasteiger charge is -2.19. The minimum atomic E-state index is -0.447. The highest BCUT2D eigenvalue weighted by Crippen LogP contribution is 2.55. The van der Waals surface area contributed by atoms with Crippen molar-refractivity contribution in [1.29, 1.82) is 0 Å². The molecule has 3 N–H and O–H groups in total. The van der Waals surface area contributed by atoms with Gasteiger partial charge in [0.1, 0.15) is 11.6 Å². The molecule has 0 aliphatic heterocycles. The number of rotatable bonds is 6. The highest BCUT2D eigenvalue weighted by atomic mass is 19.1. The topological polar surface area (TPSA) is 78.0 Å². The fourth-order valence-corrected chi connectivity index (χ4v) is 4.04. The van der Waals surface area contributed by atoms with E-state index in [2.05, 4.69) is 37.7 Å². The lowest BCUT2D eigenvalue weighted by molar-refractivity contribution is 0.450. The van der Waals surface area contributed by atoms with E-state index in [1.165, 1.54) is 18.7 Å². The number of nitrogens with one attached hydrogen (secondary N) is 3. The average Bonchev–Trinajstić information content (AvgIpc) is 3.25. The first-order chi connectivity index (χ1) is 12.6. The number of fused-ring (bicyclic) bond motifs is 2. The predicted molar refractivity (Wildman–Crippen MR) is 95.5 cm³/mol. The molecule has 4 atom stereocenters. The SMILES string of the molecule is CNC(N[C@@H]1C[C@H](C)[C@@H]2C[C@@H]21)=C(F)C=NCc1[nH]nc2ncc(F)cc12. The molecule has 8 heteroatoms. The summed E-state index contributed by atoms with van der Waals surface area (Å²) in [6, 6.07) is 1.67. The first kappa shape index (κ1) is 16.9. The lowest BCUT2D eigenvalue weighted by atomic mass is 10.0. The molecule has 0 unspecified atom stereocenters. The molecule has 2 saturated carbocycles. The van der Waals surface area contributed by atoms with Gasteiger partial charge in [0.2, 0.25) is 0 Å². The van der Waals surface area contributed by atoms with Crippen molar-refractivity contribution in [3.05, 3.63) is 35.4 Å². The van der Waals surface area contributed by atoms with Gasteiger partial charge < -0.3 is 10.6 Å². The number of aromatic nitrogens is 3. The Kier molecular flexibility index (Phi) is 4.34. The third-order valence-electron chi connectivity index (χ3n) is 5.49. The van der Waals surface area contributed by atoms with Crippen LogP contribution in [0.25, 0.3) is 11.0 Å². The number of allylic oxidation sites excluding steroid dienone is 1. The van der Waals surface area contributed by atoms with E-state index in [9.17, 15) is 8.78 Å². The molecule has 2 aliphatic rings. The van der Waals surface area contributed by atoms with Crippen molar-refractivity contribution in [2.24, 2.45) is 22.7 Å². The van der Waals surface area contributed by atoms with E-state index >= 15 is 0 Å². The second kappa shape index (κ2) is 6.66. The lowest BCUT2D eigenvalue weighted by Crippen LogP contribution is -2.35. The van der Waals surface area contributed by atoms with Gasteiger partial charge in [-0.2, -0.15) is 5.10 Å². The van der Waals surface area contributed by atoms with E-state index in [4.69, 9.17) is 0 Å². The molecule has 26 heavy (non-hydrogen) atoms. The summed E-state index contributed by atoms with van der Waals surface area (Å²) in [4.78, 5) is 8.01. The van der Waals surface area contributed by atoms with E-state index < -0.39 is 11.6 Å². The van der Waals surface area contributed by atoms with Crippen LogP contribution in [0.15, 0.2) is 28.9 Å². The standard InChI is InChI=1S/C18H22F2N6/c1-9-3-15(12-5-11(9)12)24-18(21-2)14(20)7-22-8-16-13-4-10(19)6-23-17(13)26-25-16/h4,6-7,9,11-12,15,21,24H,3,5,8H2,1-2H3,(H,23,25,26)/t9-,11-,12-,15+/m0/s1. The molecule has 0 aromatic carbocycles. The molecule has 0 amide bonds. The maximum absolute atomic E-state index is 14.5. The Balaban J connectivity index is 1.44. The number of aliphatic imine (C=N–C) groups is 1. The van der Waals surface area contributed by atoms with Crippen LogP contribution in [0, 0.1) is 23.6 Å². The summed E-state index contributed by atoms with van der Waals surface area (Å²) in [6.07, 6.45) is 4.60. The zero-order valence-corrected chi connectivity index (χ0v) is 14.8. The van der Waals surface area contributed by atoms with Crippen LogP contribution in [0.3, 0.4) is 0 Å². The van der Waals surface area contributed by atoms with Crippen molar-refractivity contribution in [3.63, 3.8) is 0 Å². The summed E-state index contributed by atoms with van der Waals surface area (Å²) in [7, 11) is 1.69. The number of pyridine rings is 1. The summed E-state index contributed by atoms with van der Waals surface area (Å²) < 4.78 is 27.8. The first-order valence-corrected chi connectivity index (χ1v) is 8.89. The first-order valence-electron chi connectivity index (χ1n) is 8.89. The highest BCUT2D eigenvalue weighted by Gasteiger charge is 2.52. The van der Waals surface area contributed by atoms with Crippen molar-refractivity contribution in [3.8, 4) is 0 Å². The molecular formula is C18H22F2N6. The van der Waals surface area contributed by atoms with Gasteiger partial charge in [0.15, 0.2) is 11.5 Å². The molecule has 0 saturated heterocycles. The Morgan fingerprint density at radius 1 is 1.42 bits per heavy atom. The Hall–Kier alpha value is -2.51. The number of hydrogen-bond donors (Lipinski definition) is 3. The van der Waals surface area contributed by atoms with Gasteiger partial charge >= 0.3 is 0 Å². The number of nitrogens with zero attached hydrogens (tertiary/aromatic N) is 3. The van der Waals surface area contributed by atoms with E-state index in [-0.39, 0.29) is 6.54 Å². The monoisotopic (exact) mass is 360 g/mol. The quantitative estimate of drug-likeness (QED) is 0.692. The summed E-state index contributed by atoms with van der Waals surface area (Å²) in [5.74, 6) is 1.64. The van der Waals surface area contributed by atoms with Crippen molar-refractivity contribution in [2.45, 2.75) is 32.4 Å². The Morgan fingerprint density at radius 3 is 2.96 bits per heavy atom. The number of aromatic amines is 1. The summed E-state index contributed by atoms with van der Waals surface area (Å²) in [6.45, 7) is 2.43. The van der Waals surface area contributed by atoms with Crippen LogP contribution in [0.2, 0.25) is 0 Å². The second-order valence-corrected chi connectivity index (χ2v) is 7.20. The number of hydrogen-bond acceptors (Lipinski definition) is 5. The summed E-state index contributed by atoms with van der Waals surface area (Å²) >= 11 is 0. The minimum Gasteiger partial charge on any atom is -0.372 e. The van der Waals surface area contributed by atoms with Crippen molar-refractivity contribution < 1.29 is 8.78 Å². The van der Waals surface area contributed by atoms with Crippen molar-refractivity contribution in [2.75, 3.05) is 7.05 Å². The Bertz CT molecular complexity index is 874. The number of halogens is 2. The molecule has 2 fully saturated rings. The van der Waals surface area contributed by atoms with E-state index in [0.717, 1.165) is 18.5 Å². The van der Waals surface area contributed by atoms with Gasteiger partial charge in [0, 0.05) is 18.5 Å². The zero-order chi connectivity index (χ0) is 18.3. The van der Waals surface area contributed by atoms with Crippen molar-refractivity contribution >= 4 is 17.2 Å². The molecule has 2 aromatic heterocycles. The smallest absolute Gasteiger partial charge is 0.181 e. The molecule has 2 heterocycles. The summed E-state index contributed by atoms with van der Waals surface area (Å²) in [5, 5.41) is 13.5. The zero-order valence-electron chi connectivity index (χ0n) is 14.8. The van der Waals surface area contributed by atoms with Gasteiger partial charge in [-0.15, -0.1) is 0 Å². The molecule has 0 radical (unpaired) electrons. The van der Waals surface area contributed by atoms with Crippen LogP contribution < -0.4 is 10.6 Å². The third-order valence-corrected chi connectivity index (χ3v) is 5.49. The van der Waals surface area contributed by atoms with Crippen LogP contribution in [-0.4, -0.2) is 34.5 Å². The molecule has 0 bridgehead atoms. The molecule has 4 rings (SSSR count). The fraction of sp³-hybridized carbons (Fsp3) is 0.500. The molecule has 2 aromatic rings. The molecular weight excluding hydrogens is 338 g/mol. The number of H-pyrrole nitrogens is 1. The third kappa shape index (κ3) is 3.15. The van der Waals surface area contributed by atoms with E-state index in [0.29, 0.717) is 40.4 Å². The maximum atomic E-state index is 14.5. The van der Waals surface area contributed by atoms with Crippen LogP contribution >= 0.6 is 0 Å². The fourth-order valence-electron chi connectivity index (χ4n) is 4.04. The second-order valence-electron chi connectivity index (χ2n) is 7.20. The minimum absolute atomic E-state index is 0.164. The maximum Gasteiger partial charge on any atom is 0.181 e. The largest absolute Gasteiger partial charge is 0.372 e. The van der Waals surface area contributed by atoms with Gasteiger partial charge in [-0.25, -0.2) is 13.8 Å². The highest BCUT2D eigenvalue weighted by molar-refractivity contribution is 5.79. The van der Waals surface area contributed by atoms with Crippen LogP contribution in [-0.2, 0) is 6.54 Å². The summed E-state index contributed by atoms with van der Waals surface area (Å²) in [5.41, 5.74) is 1.01. The normalized spacial score (nSPS) is 28.3. The Morgan fingerprint density at radius 2 is 2.27 bits per heavy atom.